The van der Waals surface area contributed by atoms with E-state index in [1.54, 1.807) is 0 Å². The summed E-state index contributed by atoms with van der Waals surface area (Å²) in [5.41, 5.74) is 1.40. The molecule has 0 aliphatic heterocycles. The van der Waals surface area contributed by atoms with Gasteiger partial charge in [0.05, 0.1) is 0 Å². The maximum Gasteiger partial charge on any atom is 0.203 e. The maximum atomic E-state index is 12.1. The number of rotatable bonds is 1. The average Bonchev–Trinajstić information content (AvgIpc) is 2.67. The molecule has 0 fully saturated rings. The highest BCUT2D eigenvalue weighted by atomic mass is 79.9. The van der Waals surface area contributed by atoms with Crippen molar-refractivity contribution >= 4 is 32.7 Å². The number of Topliss-reactive ketones (excluding diaryl/α,β-unsaturated/α-hetero) is 1. The largest absolute Gasteiger partial charge is 0.453 e. The van der Waals surface area contributed by atoms with Gasteiger partial charge in [0.25, 0.3) is 0 Å². The van der Waals surface area contributed by atoms with E-state index in [0.717, 1.165) is 21.0 Å². The van der Waals surface area contributed by atoms with Crippen molar-refractivity contribution in [2.24, 2.45) is 5.41 Å². The predicted molar refractivity (Wildman–Crippen MR) is 72.4 cm³/mol. The standard InChI is InChI=1S/C14H15BrO2/c1-8-5-6-10(15)9-7-11(17-12(8)9)13(16)14(2,3)4/h5-7H,1-4H3. The summed E-state index contributed by atoms with van der Waals surface area (Å²) in [7, 11) is 0. The highest BCUT2D eigenvalue weighted by Gasteiger charge is 2.26. The average molecular weight is 295 g/mol. The van der Waals surface area contributed by atoms with Crippen LogP contribution in [0.4, 0.5) is 0 Å². The third kappa shape index (κ3) is 2.16. The number of benzene rings is 1. The first-order valence-corrected chi connectivity index (χ1v) is 6.33. The first-order valence-electron chi connectivity index (χ1n) is 5.54. The van der Waals surface area contributed by atoms with E-state index in [2.05, 4.69) is 15.9 Å². The van der Waals surface area contributed by atoms with E-state index in [-0.39, 0.29) is 5.78 Å². The second kappa shape index (κ2) is 3.98. The molecule has 0 aliphatic carbocycles. The van der Waals surface area contributed by atoms with Crippen LogP contribution >= 0.6 is 15.9 Å². The van der Waals surface area contributed by atoms with Crippen molar-refractivity contribution in [2.45, 2.75) is 27.7 Å². The minimum Gasteiger partial charge on any atom is -0.453 e. The van der Waals surface area contributed by atoms with E-state index in [1.807, 2.05) is 45.9 Å². The van der Waals surface area contributed by atoms with Gasteiger partial charge in [-0.2, -0.15) is 0 Å². The Labute approximate surface area is 109 Å². The number of hydrogen-bond acceptors (Lipinski definition) is 2. The van der Waals surface area contributed by atoms with Crippen molar-refractivity contribution in [1.29, 1.82) is 0 Å². The lowest BCUT2D eigenvalue weighted by Crippen LogP contribution is -2.19. The summed E-state index contributed by atoms with van der Waals surface area (Å²) < 4.78 is 6.64. The number of halogens is 1. The molecule has 1 aromatic carbocycles. The molecule has 2 rings (SSSR count). The number of carbonyl (C=O) groups is 1. The van der Waals surface area contributed by atoms with Crippen LogP contribution in [0.3, 0.4) is 0 Å². The quantitative estimate of drug-likeness (QED) is 0.712. The molecule has 0 saturated heterocycles. The van der Waals surface area contributed by atoms with E-state index in [1.165, 1.54) is 0 Å². The molecular weight excluding hydrogens is 280 g/mol. The molecule has 0 atom stereocenters. The van der Waals surface area contributed by atoms with Gasteiger partial charge < -0.3 is 4.42 Å². The number of hydrogen-bond donors (Lipinski definition) is 0. The minimum absolute atomic E-state index is 0.0278. The molecule has 0 saturated carbocycles. The fourth-order valence-corrected chi connectivity index (χ4v) is 2.13. The normalized spacial score (nSPS) is 12.1. The van der Waals surface area contributed by atoms with E-state index in [0.29, 0.717) is 5.76 Å². The van der Waals surface area contributed by atoms with Gasteiger partial charge in [0, 0.05) is 15.3 Å². The third-order valence-electron chi connectivity index (χ3n) is 2.73. The van der Waals surface area contributed by atoms with Crippen molar-refractivity contribution in [3.8, 4) is 0 Å². The molecule has 1 heterocycles. The molecule has 2 nitrogen and oxygen atoms in total. The molecule has 0 N–H and O–H groups in total. The number of ketones is 1. The molecule has 2 aromatic rings. The van der Waals surface area contributed by atoms with Crippen LogP contribution < -0.4 is 0 Å². The Bertz CT molecular complexity index is 549. The van der Waals surface area contributed by atoms with Gasteiger partial charge >= 0.3 is 0 Å². The van der Waals surface area contributed by atoms with Crippen molar-refractivity contribution in [1.82, 2.24) is 0 Å². The van der Waals surface area contributed by atoms with Crippen LogP contribution in [0.2, 0.25) is 0 Å². The number of fused-ring (bicyclic) bond motifs is 1. The Kier molecular flexibility index (Phi) is 2.90. The van der Waals surface area contributed by atoms with E-state index in [9.17, 15) is 4.79 Å². The summed E-state index contributed by atoms with van der Waals surface area (Å²) in [5.74, 6) is 0.461. The number of furan rings is 1. The fourth-order valence-electron chi connectivity index (χ4n) is 1.71. The van der Waals surface area contributed by atoms with Gasteiger partial charge in [-0.05, 0) is 24.6 Å². The third-order valence-corrected chi connectivity index (χ3v) is 3.42. The molecule has 0 spiro atoms. The lowest BCUT2D eigenvalue weighted by molar-refractivity contribution is 0.0831. The van der Waals surface area contributed by atoms with Gasteiger partial charge in [-0.25, -0.2) is 0 Å². The van der Waals surface area contributed by atoms with Crippen LogP contribution in [-0.4, -0.2) is 5.78 Å². The van der Waals surface area contributed by atoms with Gasteiger partial charge in [-0.1, -0.05) is 42.8 Å². The summed E-state index contributed by atoms with van der Waals surface area (Å²) in [6.45, 7) is 7.66. The Morgan fingerprint density at radius 3 is 2.47 bits per heavy atom. The molecule has 17 heavy (non-hydrogen) atoms. The van der Waals surface area contributed by atoms with Crippen molar-refractivity contribution in [3.63, 3.8) is 0 Å². The van der Waals surface area contributed by atoms with Crippen LogP contribution in [-0.2, 0) is 0 Å². The zero-order valence-corrected chi connectivity index (χ0v) is 12.0. The summed E-state index contributed by atoms with van der Waals surface area (Å²) in [5, 5.41) is 0.956. The van der Waals surface area contributed by atoms with Gasteiger partial charge in [-0.15, -0.1) is 0 Å². The maximum absolute atomic E-state index is 12.1. The summed E-state index contributed by atoms with van der Waals surface area (Å²) >= 11 is 3.47. The second-order valence-corrected chi connectivity index (χ2v) is 6.15. The van der Waals surface area contributed by atoms with Crippen LogP contribution in [0.25, 0.3) is 11.0 Å². The Balaban J connectivity index is 2.64. The van der Waals surface area contributed by atoms with Gasteiger partial charge in [0.1, 0.15) is 5.58 Å². The summed E-state index contributed by atoms with van der Waals surface area (Å²) in [6, 6.07) is 5.76. The van der Waals surface area contributed by atoms with E-state index < -0.39 is 5.41 Å². The van der Waals surface area contributed by atoms with Crippen molar-refractivity contribution < 1.29 is 9.21 Å². The van der Waals surface area contributed by atoms with Gasteiger partial charge in [0.15, 0.2) is 5.76 Å². The highest BCUT2D eigenvalue weighted by molar-refractivity contribution is 9.10. The molecular formula is C14H15BrO2. The molecule has 3 heteroatoms. The number of carbonyl (C=O) groups excluding carboxylic acids is 1. The smallest absolute Gasteiger partial charge is 0.203 e. The summed E-state index contributed by atoms with van der Waals surface area (Å²) in [4.78, 5) is 12.1. The topological polar surface area (TPSA) is 30.2 Å². The SMILES string of the molecule is Cc1ccc(Br)c2cc(C(=O)C(C)(C)C)oc12. The molecule has 90 valence electrons. The van der Waals surface area contributed by atoms with Crippen LogP contribution in [0.1, 0.15) is 36.9 Å². The molecule has 0 amide bonds. The molecule has 0 unspecified atom stereocenters. The second-order valence-electron chi connectivity index (χ2n) is 5.30. The molecule has 0 bridgehead atoms. The Morgan fingerprint density at radius 2 is 1.94 bits per heavy atom. The number of aryl methyl sites for hydroxylation is 1. The van der Waals surface area contributed by atoms with E-state index in [4.69, 9.17) is 4.42 Å². The highest BCUT2D eigenvalue weighted by Crippen LogP contribution is 2.32. The summed E-state index contributed by atoms with van der Waals surface area (Å²) in [6.07, 6.45) is 0. The van der Waals surface area contributed by atoms with Gasteiger partial charge in [0.2, 0.25) is 5.78 Å². The van der Waals surface area contributed by atoms with Gasteiger partial charge in [-0.3, -0.25) is 4.79 Å². The van der Waals surface area contributed by atoms with Crippen LogP contribution in [0.5, 0.6) is 0 Å². The Morgan fingerprint density at radius 1 is 1.29 bits per heavy atom. The van der Waals surface area contributed by atoms with Crippen molar-refractivity contribution in [2.75, 3.05) is 0 Å². The monoisotopic (exact) mass is 294 g/mol. The van der Waals surface area contributed by atoms with Crippen LogP contribution in [0, 0.1) is 12.3 Å². The molecule has 1 aromatic heterocycles. The predicted octanol–water partition coefficient (Wildman–Crippen LogP) is 4.73. The first kappa shape index (κ1) is 12.4. The fraction of sp³-hybridized carbons (Fsp3) is 0.357. The van der Waals surface area contributed by atoms with Crippen molar-refractivity contribution in [3.05, 3.63) is 34.0 Å². The zero-order valence-electron chi connectivity index (χ0n) is 10.4. The molecule has 0 radical (unpaired) electrons. The first-order chi connectivity index (χ1) is 7.80. The Hall–Kier alpha value is -1.09. The molecule has 0 aliphatic rings. The lowest BCUT2D eigenvalue weighted by Gasteiger charge is -2.13. The minimum atomic E-state index is -0.422. The van der Waals surface area contributed by atoms with Crippen LogP contribution in [0.15, 0.2) is 27.1 Å². The van der Waals surface area contributed by atoms with E-state index >= 15 is 0 Å². The zero-order chi connectivity index (χ0) is 12.8. The lowest BCUT2D eigenvalue weighted by atomic mass is 9.89.